The maximum atomic E-state index is 11.8. The zero-order valence-corrected chi connectivity index (χ0v) is 12.7. The van der Waals surface area contributed by atoms with Gasteiger partial charge in [-0.1, -0.05) is 37.3 Å². The molecule has 1 fully saturated rings. The van der Waals surface area contributed by atoms with Crippen LogP contribution in [0.3, 0.4) is 0 Å². The largest absolute Gasteiger partial charge is 0.466 e. The molecule has 0 spiro atoms. The van der Waals surface area contributed by atoms with E-state index in [0.29, 0.717) is 18.6 Å². The van der Waals surface area contributed by atoms with Crippen LogP contribution >= 0.6 is 0 Å². The molecule has 0 unspecified atom stereocenters. The van der Waals surface area contributed by atoms with Crippen LogP contribution in [0.4, 0.5) is 0 Å². The van der Waals surface area contributed by atoms with E-state index in [1.54, 1.807) is 0 Å². The summed E-state index contributed by atoms with van der Waals surface area (Å²) in [5, 5.41) is 0. The minimum atomic E-state index is -0.0493. The summed E-state index contributed by atoms with van der Waals surface area (Å²) in [6.07, 6.45) is 1.08. The Morgan fingerprint density at radius 1 is 1.35 bits per heavy atom. The van der Waals surface area contributed by atoms with E-state index in [1.807, 2.05) is 19.9 Å². The summed E-state index contributed by atoms with van der Waals surface area (Å²) >= 11 is 0. The number of hydrogen-bond acceptors (Lipinski definition) is 3. The number of ether oxygens (including phenoxy) is 1. The van der Waals surface area contributed by atoms with Gasteiger partial charge in [-0.2, -0.15) is 0 Å². The van der Waals surface area contributed by atoms with Crippen LogP contribution in [0.1, 0.15) is 38.8 Å². The number of carbonyl (C=O) groups excluding carboxylic acids is 1. The monoisotopic (exact) mass is 275 g/mol. The summed E-state index contributed by atoms with van der Waals surface area (Å²) in [5.74, 6) is 0.370. The lowest BCUT2D eigenvalue weighted by Crippen LogP contribution is -2.28. The second-order valence-electron chi connectivity index (χ2n) is 5.67. The lowest BCUT2D eigenvalue weighted by molar-refractivity contribution is -0.149. The van der Waals surface area contributed by atoms with Gasteiger partial charge < -0.3 is 4.74 Å². The van der Waals surface area contributed by atoms with Crippen LogP contribution in [-0.4, -0.2) is 30.6 Å². The fourth-order valence-corrected chi connectivity index (χ4v) is 2.98. The predicted octanol–water partition coefficient (Wildman–Crippen LogP) is 3.27. The minimum absolute atomic E-state index is 0.00271. The van der Waals surface area contributed by atoms with Crippen LogP contribution < -0.4 is 0 Å². The quantitative estimate of drug-likeness (QED) is 0.772. The third-order valence-corrected chi connectivity index (χ3v) is 4.45. The van der Waals surface area contributed by atoms with Gasteiger partial charge in [0.1, 0.15) is 0 Å². The number of benzene rings is 1. The summed E-state index contributed by atoms with van der Waals surface area (Å²) in [4.78, 5) is 14.3. The fraction of sp³-hybridized carbons (Fsp3) is 0.588. The summed E-state index contributed by atoms with van der Waals surface area (Å²) in [6, 6.07) is 11.0. The number of hydrogen-bond donors (Lipinski definition) is 0. The van der Waals surface area contributed by atoms with Crippen LogP contribution in [0, 0.1) is 11.8 Å². The molecule has 1 aliphatic heterocycles. The average Bonchev–Trinajstić information content (AvgIpc) is 2.96. The lowest BCUT2D eigenvalue weighted by Gasteiger charge is -2.25. The molecule has 3 nitrogen and oxygen atoms in total. The van der Waals surface area contributed by atoms with Gasteiger partial charge in [-0.15, -0.1) is 0 Å². The Labute approximate surface area is 121 Å². The third-order valence-electron chi connectivity index (χ3n) is 4.45. The summed E-state index contributed by atoms with van der Waals surface area (Å²) in [5.41, 5.74) is 1.34. The normalized spacial score (nSPS) is 22.4. The molecule has 110 valence electrons. The molecule has 0 N–H and O–H groups in total. The van der Waals surface area contributed by atoms with E-state index in [-0.39, 0.29) is 11.9 Å². The highest BCUT2D eigenvalue weighted by Gasteiger charge is 2.33. The Hall–Kier alpha value is -1.35. The molecule has 2 rings (SSSR count). The Kier molecular flexibility index (Phi) is 5.18. The zero-order valence-electron chi connectivity index (χ0n) is 12.7. The molecule has 1 aliphatic rings. The number of rotatable bonds is 5. The second kappa shape index (κ2) is 6.89. The van der Waals surface area contributed by atoms with E-state index in [1.165, 1.54) is 5.56 Å². The Bertz CT molecular complexity index is 432. The van der Waals surface area contributed by atoms with Crippen molar-refractivity contribution in [3.8, 4) is 0 Å². The van der Waals surface area contributed by atoms with E-state index >= 15 is 0 Å². The topological polar surface area (TPSA) is 29.5 Å². The van der Waals surface area contributed by atoms with Gasteiger partial charge in [-0.05, 0) is 38.3 Å². The molecule has 0 aliphatic carbocycles. The van der Waals surface area contributed by atoms with Gasteiger partial charge >= 0.3 is 5.97 Å². The van der Waals surface area contributed by atoms with Crippen molar-refractivity contribution in [2.45, 2.75) is 33.2 Å². The zero-order chi connectivity index (χ0) is 14.5. The molecule has 0 bridgehead atoms. The first-order valence-electron chi connectivity index (χ1n) is 7.59. The van der Waals surface area contributed by atoms with Gasteiger partial charge in [-0.3, -0.25) is 9.69 Å². The van der Waals surface area contributed by atoms with E-state index in [9.17, 15) is 4.79 Å². The SMILES string of the molecule is CCOC(=O)[C@H](C)[C@@H]1CCN([C@@H](C)c2ccccc2)C1. The number of likely N-dealkylation sites (tertiary alicyclic amines) is 1. The van der Waals surface area contributed by atoms with Crippen molar-refractivity contribution in [2.24, 2.45) is 11.8 Å². The van der Waals surface area contributed by atoms with E-state index in [4.69, 9.17) is 4.74 Å². The lowest BCUT2D eigenvalue weighted by atomic mass is 9.93. The standard InChI is InChI=1S/C17H25NO2/c1-4-20-17(19)13(2)16-10-11-18(12-16)14(3)15-8-6-5-7-9-15/h5-9,13-14,16H,4,10-12H2,1-3H3/t13-,14+,16-/m1/s1. The molecule has 3 heteroatoms. The van der Waals surface area contributed by atoms with Gasteiger partial charge in [-0.25, -0.2) is 0 Å². The van der Waals surface area contributed by atoms with Gasteiger partial charge in [0.25, 0.3) is 0 Å². The molecular formula is C17H25NO2. The smallest absolute Gasteiger partial charge is 0.308 e. The van der Waals surface area contributed by atoms with Gasteiger partial charge in [0, 0.05) is 12.6 Å². The third kappa shape index (κ3) is 3.40. The van der Waals surface area contributed by atoms with Crippen molar-refractivity contribution in [3.63, 3.8) is 0 Å². The maximum absolute atomic E-state index is 11.8. The Balaban J connectivity index is 1.93. The van der Waals surface area contributed by atoms with Crippen molar-refractivity contribution in [1.29, 1.82) is 0 Å². The first-order valence-corrected chi connectivity index (χ1v) is 7.59. The number of carbonyl (C=O) groups is 1. The van der Waals surface area contributed by atoms with Crippen LogP contribution in [-0.2, 0) is 9.53 Å². The average molecular weight is 275 g/mol. The molecular weight excluding hydrogens is 250 g/mol. The molecule has 3 atom stereocenters. The van der Waals surface area contributed by atoms with Gasteiger partial charge in [0.2, 0.25) is 0 Å². The molecule has 1 saturated heterocycles. The molecule has 1 aromatic carbocycles. The highest BCUT2D eigenvalue weighted by molar-refractivity contribution is 5.72. The van der Waals surface area contributed by atoms with Crippen molar-refractivity contribution >= 4 is 5.97 Å². The summed E-state index contributed by atoms with van der Waals surface area (Å²) < 4.78 is 5.14. The molecule has 1 aromatic rings. The van der Waals surface area contributed by atoms with Crippen molar-refractivity contribution in [1.82, 2.24) is 4.90 Å². The summed E-state index contributed by atoms with van der Waals surface area (Å²) in [6.45, 7) is 8.62. The predicted molar refractivity (Wildman–Crippen MR) is 80.3 cm³/mol. The maximum Gasteiger partial charge on any atom is 0.308 e. The van der Waals surface area contributed by atoms with Crippen molar-refractivity contribution in [2.75, 3.05) is 19.7 Å². The number of nitrogens with zero attached hydrogens (tertiary/aromatic N) is 1. The van der Waals surface area contributed by atoms with Crippen LogP contribution in [0.5, 0.6) is 0 Å². The summed E-state index contributed by atoms with van der Waals surface area (Å²) in [7, 11) is 0. The van der Waals surface area contributed by atoms with Crippen molar-refractivity contribution < 1.29 is 9.53 Å². The van der Waals surface area contributed by atoms with Gasteiger partial charge in [0.15, 0.2) is 0 Å². The Morgan fingerprint density at radius 2 is 2.05 bits per heavy atom. The van der Waals surface area contributed by atoms with E-state index in [0.717, 1.165) is 19.5 Å². The molecule has 20 heavy (non-hydrogen) atoms. The number of esters is 1. The molecule has 0 aromatic heterocycles. The van der Waals surface area contributed by atoms with Gasteiger partial charge in [0.05, 0.1) is 12.5 Å². The molecule has 0 saturated carbocycles. The molecule has 0 radical (unpaired) electrons. The highest BCUT2D eigenvalue weighted by Crippen LogP contribution is 2.31. The highest BCUT2D eigenvalue weighted by atomic mass is 16.5. The second-order valence-corrected chi connectivity index (χ2v) is 5.67. The fourth-order valence-electron chi connectivity index (χ4n) is 2.98. The Morgan fingerprint density at radius 3 is 2.70 bits per heavy atom. The minimum Gasteiger partial charge on any atom is -0.466 e. The van der Waals surface area contributed by atoms with E-state index < -0.39 is 0 Å². The first kappa shape index (κ1) is 15.0. The molecule has 0 amide bonds. The van der Waals surface area contributed by atoms with Crippen LogP contribution in [0.25, 0.3) is 0 Å². The van der Waals surface area contributed by atoms with Crippen LogP contribution in [0.2, 0.25) is 0 Å². The molecule has 1 heterocycles. The van der Waals surface area contributed by atoms with Crippen LogP contribution in [0.15, 0.2) is 30.3 Å². The first-order chi connectivity index (χ1) is 9.63. The van der Waals surface area contributed by atoms with E-state index in [2.05, 4.69) is 36.1 Å². The van der Waals surface area contributed by atoms with Crippen molar-refractivity contribution in [3.05, 3.63) is 35.9 Å².